The second-order valence-electron chi connectivity index (χ2n) is 24.5. The molecule has 0 unspecified atom stereocenters. The summed E-state index contributed by atoms with van der Waals surface area (Å²) in [5.41, 5.74) is 17.7. The van der Waals surface area contributed by atoms with Gasteiger partial charge in [0.2, 0.25) is 0 Å². The standard InChI is InChI=1S/C86H48N6/c1-2-16-52(17-3-1)81-87-82(90-85(89-81)69-38-36-67-71-43-56-20-8-9-21-57(56)44-73(71)75-46-60-22-10-12-24-65(60)77(69)79(67)75)53-30-26-51(27-31-53)58-32-33-59-45-74-72(48-64(59)42-58)68-37-39-70(78-66-25-13-11-23-61(66)47-76(74)80(68)78)86-91-83(62-34-28-49-14-4-6-18-54(49)40-62)88-84(92-86)63-35-29-50-15-5-7-19-55(50)41-63/h1-48H. The summed E-state index contributed by atoms with van der Waals surface area (Å²) in [6.07, 6.45) is 0. The van der Waals surface area contributed by atoms with Gasteiger partial charge in [0.15, 0.2) is 34.9 Å². The van der Waals surface area contributed by atoms with E-state index in [9.17, 15) is 0 Å². The average molecular weight is 1170 g/mol. The fourth-order valence-electron chi connectivity index (χ4n) is 14.9. The van der Waals surface area contributed by atoms with Gasteiger partial charge in [-0.2, -0.15) is 0 Å². The molecule has 2 aliphatic rings. The molecule has 2 aromatic heterocycles. The van der Waals surface area contributed by atoms with E-state index in [-0.39, 0.29) is 0 Å². The smallest absolute Gasteiger partial charge is 0.164 e. The first-order valence-corrected chi connectivity index (χ1v) is 31.3. The molecule has 0 fully saturated rings. The molecule has 422 valence electrons. The third-order valence-electron chi connectivity index (χ3n) is 19.3. The highest BCUT2D eigenvalue weighted by Crippen LogP contribution is 2.55. The molecule has 2 heterocycles. The quantitative estimate of drug-likeness (QED) is 0.148. The van der Waals surface area contributed by atoms with Crippen molar-refractivity contribution in [2.45, 2.75) is 0 Å². The Morgan fingerprint density at radius 3 is 0.946 bits per heavy atom. The summed E-state index contributed by atoms with van der Waals surface area (Å²) in [7, 11) is 0. The Morgan fingerprint density at radius 1 is 0.141 bits per heavy atom. The molecule has 0 radical (unpaired) electrons. The number of hydrogen-bond donors (Lipinski definition) is 0. The van der Waals surface area contributed by atoms with Crippen molar-refractivity contribution in [3.63, 3.8) is 0 Å². The molecular formula is C86H48N6. The van der Waals surface area contributed by atoms with Gasteiger partial charge in [0.25, 0.3) is 0 Å². The van der Waals surface area contributed by atoms with Crippen LogP contribution in [0, 0.1) is 0 Å². The van der Waals surface area contributed by atoms with Crippen LogP contribution in [0.25, 0.3) is 210 Å². The van der Waals surface area contributed by atoms with Gasteiger partial charge in [0.1, 0.15) is 0 Å². The van der Waals surface area contributed by atoms with E-state index in [4.69, 9.17) is 29.9 Å². The van der Waals surface area contributed by atoms with Crippen molar-refractivity contribution < 1.29 is 0 Å². The topological polar surface area (TPSA) is 77.3 Å². The van der Waals surface area contributed by atoms with E-state index in [0.717, 1.165) is 71.4 Å². The summed E-state index contributed by atoms with van der Waals surface area (Å²) in [5, 5.41) is 18.8. The lowest BCUT2D eigenvalue weighted by Crippen LogP contribution is -2.01. The zero-order valence-corrected chi connectivity index (χ0v) is 49.4. The van der Waals surface area contributed by atoms with Crippen LogP contribution in [0.15, 0.2) is 291 Å². The summed E-state index contributed by atoms with van der Waals surface area (Å²) in [4.78, 5) is 32.0. The van der Waals surface area contributed by atoms with Crippen LogP contribution in [-0.2, 0) is 0 Å². The maximum Gasteiger partial charge on any atom is 0.164 e. The number of nitrogens with zero attached hydrogens (tertiary/aromatic N) is 6. The predicted molar refractivity (Wildman–Crippen MR) is 380 cm³/mol. The number of hydrogen-bond acceptors (Lipinski definition) is 6. The first-order chi connectivity index (χ1) is 45.5. The van der Waals surface area contributed by atoms with Gasteiger partial charge in [-0.05, 0) is 198 Å². The van der Waals surface area contributed by atoms with Crippen molar-refractivity contribution in [1.29, 1.82) is 0 Å². The van der Waals surface area contributed by atoms with Crippen molar-refractivity contribution in [2.24, 2.45) is 0 Å². The molecule has 0 N–H and O–H groups in total. The van der Waals surface area contributed by atoms with Gasteiger partial charge in [-0.3, -0.25) is 0 Å². The molecule has 6 heteroatoms. The van der Waals surface area contributed by atoms with Crippen molar-refractivity contribution in [2.75, 3.05) is 0 Å². The molecule has 2 aliphatic carbocycles. The maximum absolute atomic E-state index is 5.40. The summed E-state index contributed by atoms with van der Waals surface area (Å²) in [5.74, 6) is 3.78. The number of rotatable bonds is 7. The molecule has 6 nitrogen and oxygen atoms in total. The monoisotopic (exact) mass is 1160 g/mol. The molecule has 0 saturated heterocycles. The lowest BCUT2D eigenvalue weighted by molar-refractivity contribution is 1.08. The van der Waals surface area contributed by atoms with Crippen LogP contribution in [0.2, 0.25) is 0 Å². The van der Waals surface area contributed by atoms with Crippen molar-refractivity contribution in [3.05, 3.63) is 291 Å². The van der Waals surface area contributed by atoms with E-state index in [1.165, 1.54) is 104 Å². The molecule has 0 saturated carbocycles. The Hall–Kier alpha value is -12.4. The molecule has 92 heavy (non-hydrogen) atoms. The molecule has 0 bridgehead atoms. The fourth-order valence-corrected chi connectivity index (χ4v) is 14.9. The van der Waals surface area contributed by atoms with Crippen molar-refractivity contribution >= 4 is 86.2 Å². The molecule has 0 atom stereocenters. The van der Waals surface area contributed by atoms with Gasteiger partial charge < -0.3 is 0 Å². The molecule has 0 spiro atoms. The normalized spacial score (nSPS) is 12.1. The number of benzene rings is 16. The fraction of sp³-hybridized carbons (Fsp3) is 0. The molecule has 16 aromatic carbocycles. The minimum atomic E-state index is 0.618. The van der Waals surface area contributed by atoms with Crippen LogP contribution in [-0.4, -0.2) is 29.9 Å². The van der Waals surface area contributed by atoms with Gasteiger partial charge in [-0.1, -0.05) is 224 Å². The van der Waals surface area contributed by atoms with Gasteiger partial charge >= 0.3 is 0 Å². The van der Waals surface area contributed by atoms with Gasteiger partial charge in [-0.15, -0.1) is 0 Å². The molecule has 18 aromatic rings. The van der Waals surface area contributed by atoms with Crippen molar-refractivity contribution in [1.82, 2.24) is 29.9 Å². The van der Waals surface area contributed by atoms with E-state index in [1.54, 1.807) is 0 Å². The molecular weight excluding hydrogens is 1120 g/mol. The number of aromatic nitrogens is 6. The third kappa shape index (κ3) is 7.81. The Labute approximate surface area is 528 Å². The third-order valence-corrected chi connectivity index (χ3v) is 19.3. The SMILES string of the molecule is c1ccc(-c2nc(-c3ccc(-c4ccc5cc6c(cc5c4)-c4ccc(-c5nc(-c7ccc8ccccc8c7)nc(-c7ccc8ccccc8c7)n5)c5c4c-6cc4ccccc45)cc3)nc(-c3ccc4c5c(cc6ccccc6c35)-c3cc5ccccc5cc3-4)n2)cc1. The van der Waals surface area contributed by atoms with Crippen LogP contribution in [0.5, 0.6) is 0 Å². The van der Waals surface area contributed by atoms with Gasteiger partial charge in [-0.25, -0.2) is 29.9 Å². The first-order valence-electron chi connectivity index (χ1n) is 31.3. The zero-order chi connectivity index (χ0) is 60.1. The van der Waals surface area contributed by atoms with Gasteiger partial charge in [0.05, 0.1) is 0 Å². The highest BCUT2D eigenvalue weighted by atomic mass is 15.0. The summed E-state index contributed by atoms with van der Waals surface area (Å²) >= 11 is 0. The average Bonchev–Trinajstić information content (AvgIpc) is 1.57. The highest BCUT2D eigenvalue weighted by Gasteiger charge is 2.29. The lowest BCUT2D eigenvalue weighted by atomic mass is 9.92. The number of fused-ring (bicyclic) bond motifs is 14. The Bertz CT molecular complexity index is 6150. The second kappa shape index (κ2) is 19.6. The minimum Gasteiger partial charge on any atom is -0.208 e. The Balaban J connectivity index is 0.693. The van der Waals surface area contributed by atoms with E-state index >= 15 is 0 Å². The van der Waals surface area contributed by atoms with Crippen LogP contribution in [0.4, 0.5) is 0 Å². The summed E-state index contributed by atoms with van der Waals surface area (Å²) in [6, 6.07) is 105. The first kappa shape index (κ1) is 50.6. The van der Waals surface area contributed by atoms with Crippen LogP contribution < -0.4 is 0 Å². The van der Waals surface area contributed by atoms with Crippen molar-refractivity contribution in [3.8, 4) is 124 Å². The maximum atomic E-state index is 5.40. The largest absolute Gasteiger partial charge is 0.208 e. The molecule has 0 amide bonds. The Kier molecular flexibility index (Phi) is 10.8. The minimum absolute atomic E-state index is 0.618. The molecule has 20 rings (SSSR count). The zero-order valence-electron chi connectivity index (χ0n) is 49.4. The van der Waals surface area contributed by atoms with Crippen LogP contribution in [0.1, 0.15) is 0 Å². The van der Waals surface area contributed by atoms with Crippen LogP contribution >= 0.6 is 0 Å². The lowest BCUT2D eigenvalue weighted by Gasteiger charge is -2.14. The second-order valence-corrected chi connectivity index (χ2v) is 24.5. The van der Waals surface area contributed by atoms with Crippen LogP contribution in [0.3, 0.4) is 0 Å². The van der Waals surface area contributed by atoms with E-state index in [1.807, 2.05) is 18.2 Å². The van der Waals surface area contributed by atoms with E-state index in [2.05, 4.69) is 273 Å². The Morgan fingerprint density at radius 2 is 0.446 bits per heavy atom. The molecule has 0 aliphatic heterocycles. The highest BCUT2D eigenvalue weighted by molar-refractivity contribution is 6.29. The summed E-state index contributed by atoms with van der Waals surface area (Å²) in [6.45, 7) is 0. The van der Waals surface area contributed by atoms with E-state index < -0.39 is 0 Å². The van der Waals surface area contributed by atoms with E-state index in [0.29, 0.717) is 34.9 Å². The predicted octanol–water partition coefficient (Wildman–Crippen LogP) is 22.2. The van der Waals surface area contributed by atoms with Gasteiger partial charge in [0, 0.05) is 44.2 Å². The summed E-state index contributed by atoms with van der Waals surface area (Å²) < 4.78 is 0.